The SMILES string of the molecule is CN=C(NCCc1c[nH]c2c(C)cccc12)NCCS(=O)(=O)C(C)(C)C. The van der Waals surface area contributed by atoms with Crippen LogP contribution in [0.4, 0.5) is 0 Å². The monoisotopic (exact) mass is 378 g/mol. The molecular formula is C19H30N4O2S. The average molecular weight is 379 g/mol. The van der Waals surface area contributed by atoms with Crippen molar-refractivity contribution in [2.45, 2.75) is 38.9 Å². The van der Waals surface area contributed by atoms with Crippen molar-refractivity contribution in [3.8, 4) is 0 Å². The lowest BCUT2D eigenvalue weighted by Crippen LogP contribution is -2.42. The minimum Gasteiger partial charge on any atom is -0.361 e. The van der Waals surface area contributed by atoms with Gasteiger partial charge < -0.3 is 15.6 Å². The summed E-state index contributed by atoms with van der Waals surface area (Å²) in [5.41, 5.74) is 3.67. The molecule has 1 aromatic heterocycles. The van der Waals surface area contributed by atoms with Crippen molar-refractivity contribution in [1.29, 1.82) is 0 Å². The zero-order chi connectivity index (χ0) is 19.4. The number of sulfone groups is 1. The van der Waals surface area contributed by atoms with Crippen LogP contribution in [0.5, 0.6) is 0 Å². The number of aromatic amines is 1. The molecule has 0 unspecified atom stereocenters. The normalized spacial score (nSPS) is 13.2. The zero-order valence-corrected chi connectivity index (χ0v) is 17.1. The summed E-state index contributed by atoms with van der Waals surface area (Å²) in [6, 6.07) is 6.29. The van der Waals surface area contributed by atoms with Gasteiger partial charge in [-0.15, -0.1) is 0 Å². The molecule has 144 valence electrons. The number of fused-ring (bicyclic) bond motifs is 1. The molecule has 1 aromatic carbocycles. The third kappa shape index (κ3) is 4.78. The first-order chi connectivity index (χ1) is 12.2. The standard InChI is InChI=1S/C19H30N4O2S/c1-14-7-6-8-16-15(13-23-17(14)16)9-10-21-18(20-5)22-11-12-26(24,25)19(2,3)4/h6-8,13,23H,9-12H2,1-5H3,(H2,20,21,22). The third-order valence-corrected chi connectivity index (χ3v) is 7.12. The van der Waals surface area contributed by atoms with E-state index >= 15 is 0 Å². The van der Waals surface area contributed by atoms with Gasteiger partial charge in [0, 0.05) is 37.2 Å². The second kappa shape index (κ2) is 8.12. The molecule has 2 aromatic rings. The van der Waals surface area contributed by atoms with Crippen molar-refractivity contribution in [1.82, 2.24) is 15.6 Å². The van der Waals surface area contributed by atoms with Gasteiger partial charge in [-0.05, 0) is 45.2 Å². The fraction of sp³-hybridized carbons (Fsp3) is 0.526. The summed E-state index contributed by atoms with van der Waals surface area (Å²) in [5.74, 6) is 0.698. The molecule has 26 heavy (non-hydrogen) atoms. The summed E-state index contributed by atoms with van der Waals surface area (Å²) in [7, 11) is -1.45. The van der Waals surface area contributed by atoms with Crippen LogP contribution >= 0.6 is 0 Å². The summed E-state index contributed by atoms with van der Waals surface area (Å²) in [6.07, 6.45) is 2.90. The van der Waals surface area contributed by atoms with Crippen molar-refractivity contribution < 1.29 is 8.42 Å². The van der Waals surface area contributed by atoms with Crippen LogP contribution in [0.25, 0.3) is 10.9 Å². The largest absolute Gasteiger partial charge is 0.361 e. The molecule has 0 atom stereocenters. The zero-order valence-electron chi connectivity index (χ0n) is 16.3. The number of hydrogen-bond donors (Lipinski definition) is 3. The predicted octanol–water partition coefficient (Wildman–Crippen LogP) is 2.40. The number of H-pyrrole nitrogens is 1. The number of benzene rings is 1. The molecule has 7 heteroatoms. The quantitative estimate of drug-likeness (QED) is 0.532. The van der Waals surface area contributed by atoms with Crippen molar-refractivity contribution in [2.24, 2.45) is 4.99 Å². The van der Waals surface area contributed by atoms with Crippen molar-refractivity contribution >= 4 is 26.7 Å². The number of aryl methyl sites for hydroxylation is 1. The van der Waals surface area contributed by atoms with Crippen LogP contribution in [0.15, 0.2) is 29.4 Å². The van der Waals surface area contributed by atoms with Gasteiger partial charge in [-0.2, -0.15) is 0 Å². The van der Waals surface area contributed by atoms with Crippen LogP contribution in [0.3, 0.4) is 0 Å². The maximum absolute atomic E-state index is 12.1. The van der Waals surface area contributed by atoms with Gasteiger partial charge in [0.15, 0.2) is 15.8 Å². The fourth-order valence-corrected chi connectivity index (χ4v) is 3.70. The smallest absolute Gasteiger partial charge is 0.191 e. The van der Waals surface area contributed by atoms with Gasteiger partial charge in [0.05, 0.1) is 10.5 Å². The Labute approximate surface area is 156 Å². The number of aliphatic imine (C=N–C) groups is 1. The molecule has 0 aliphatic rings. The molecule has 1 heterocycles. The van der Waals surface area contributed by atoms with Crippen LogP contribution < -0.4 is 10.6 Å². The van der Waals surface area contributed by atoms with Crippen molar-refractivity contribution in [2.75, 3.05) is 25.9 Å². The van der Waals surface area contributed by atoms with Crippen molar-refractivity contribution in [3.63, 3.8) is 0 Å². The first-order valence-corrected chi connectivity index (χ1v) is 10.5. The minimum atomic E-state index is -3.14. The average Bonchev–Trinajstić information content (AvgIpc) is 2.97. The summed E-state index contributed by atoms with van der Waals surface area (Å²) in [6.45, 7) is 8.31. The minimum absolute atomic E-state index is 0.0823. The Kier molecular flexibility index (Phi) is 6.34. The molecule has 0 saturated carbocycles. The van der Waals surface area contributed by atoms with Gasteiger partial charge in [-0.1, -0.05) is 18.2 Å². The van der Waals surface area contributed by atoms with Crippen LogP contribution in [0.1, 0.15) is 31.9 Å². The molecule has 6 nitrogen and oxygen atoms in total. The summed E-state index contributed by atoms with van der Waals surface area (Å²) >= 11 is 0. The van der Waals surface area contributed by atoms with E-state index in [9.17, 15) is 8.42 Å². The molecule has 0 bridgehead atoms. The molecule has 0 aliphatic carbocycles. The Balaban J connectivity index is 1.85. The number of para-hydroxylation sites is 1. The van der Waals surface area contributed by atoms with E-state index in [4.69, 9.17) is 0 Å². The number of aromatic nitrogens is 1. The molecular weight excluding hydrogens is 348 g/mol. The third-order valence-electron chi connectivity index (χ3n) is 4.52. The highest BCUT2D eigenvalue weighted by molar-refractivity contribution is 7.92. The second-order valence-electron chi connectivity index (χ2n) is 7.42. The van der Waals surface area contributed by atoms with Crippen LogP contribution in [0.2, 0.25) is 0 Å². The molecule has 0 aliphatic heterocycles. The van der Waals surface area contributed by atoms with Gasteiger partial charge in [0.25, 0.3) is 0 Å². The van der Waals surface area contributed by atoms with Crippen LogP contribution in [0, 0.1) is 6.92 Å². The van der Waals surface area contributed by atoms with Crippen molar-refractivity contribution in [3.05, 3.63) is 35.5 Å². The number of nitrogens with zero attached hydrogens (tertiary/aromatic N) is 1. The predicted molar refractivity (Wildman–Crippen MR) is 110 cm³/mol. The maximum Gasteiger partial charge on any atom is 0.191 e. The molecule has 2 rings (SSSR count). The van der Waals surface area contributed by atoms with E-state index in [1.807, 2.05) is 6.20 Å². The van der Waals surface area contributed by atoms with Crippen LogP contribution in [-0.4, -0.2) is 50.0 Å². The van der Waals surface area contributed by atoms with E-state index in [0.29, 0.717) is 19.0 Å². The fourth-order valence-electron chi connectivity index (χ4n) is 2.72. The summed E-state index contributed by atoms with van der Waals surface area (Å²) in [5, 5.41) is 7.56. The lowest BCUT2D eigenvalue weighted by molar-refractivity contribution is 0.559. The Morgan fingerprint density at radius 1 is 1.19 bits per heavy atom. The maximum atomic E-state index is 12.1. The van der Waals surface area contributed by atoms with E-state index < -0.39 is 14.6 Å². The molecule has 3 N–H and O–H groups in total. The number of guanidine groups is 1. The topological polar surface area (TPSA) is 86.3 Å². The Hall–Kier alpha value is -2.02. The van der Waals surface area contributed by atoms with E-state index in [1.54, 1.807) is 27.8 Å². The molecule has 0 spiro atoms. The first-order valence-electron chi connectivity index (χ1n) is 8.88. The Morgan fingerprint density at radius 2 is 1.88 bits per heavy atom. The second-order valence-corrected chi connectivity index (χ2v) is 10.3. The van der Waals surface area contributed by atoms with E-state index in [2.05, 4.69) is 45.7 Å². The molecule has 0 saturated heterocycles. The molecule has 0 radical (unpaired) electrons. The lowest BCUT2D eigenvalue weighted by Gasteiger charge is -2.19. The van der Waals surface area contributed by atoms with Crippen LogP contribution in [-0.2, 0) is 16.3 Å². The lowest BCUT2D eigenvalue weighted by atomic mass is 10.1. The molecule has 0 fully saturated rings. The van der Waals surface area contributed by atoms with E-state index in [-0.39, 0.29) is 5.75 Å². The van der Waals surface area contributed by atoms with Gasteiger partial charge in [-0.25, -0.2) is 8.42 Å². The van der Waals surface area contributed by atoms with Gasteiger partial charge in [0.1, 0.15) is 0 Å². The molecule has 0 amide bonds. The van der Waals surface area contributed by atoms with Gasteiger partial charge in [-0.3, -0.25) is 4.99 Å². The Morgan fingerprint density at radius 3 is 2.54 bits per heavy atom. The highest BCUT2D eigenvalue weighted by Crippen LogP contribution is 2.21. The first kappa shape index (κ1) is 20.3. The highest BCUT2D eigenvalue weighted by atomic mass is 32.2. The Bertz CT molecular complexity index is 877. The number of nitrogens with one attached hydrogen (secondary N) is 3. The number of rotatable bonds is 6. The van der Waals surface area contributed by atoms with Gasteiger partial charge in [0.2, 0.25) is 0 Å². The highest BCUT2D eigenvalue weighted by Gasteiger charge is 2.28. The summed E-state index contributed by atoms with van der Waals surface area (Å²) < 4.78 is 23.5. The van der Waals surface area contributed by atoms with E-state index in [0.717, 1.165) is 6.42 Å². The number of hydrogen-bond acceptors (Lipinski definition) is 3. The van der Waals surface area contributed by atoms with E-state index in [1.165, 1.54) is 22.0 Å². The van der Waals surface area contributed by atoms with Gasteiger partial charge >= 0.3 is 0 Å². The summed E-state index contributed by atoms with van der Waals surface area (Å²) in [4.78, 5) is 7.49.